The van der Waals surface area contributed by atoms with Crippen molar-refractivity contribution in [3.8, 4) is 0 Å². The van der Waals surface area contributed by atoms with E-state index in [1.807, 2.05) is 19.5 Å². The fourth-order valence-corrected chi connectivity index (χ4v) is 7.12. The average molecular weight is 374 g/mol. The van der Waals surface area contributed by atoms with E-state index in [2.05, 4.69) is 13.8 Å². The molecule has 2 saturated carbocycles. The molecule has 1 aromatic heterocycles. The molecule has 1 aromatic rings. The number of fused-ring (bicyclic) bond motifs is 5. The first-order valence-corrected chi connectivity index (χ1v) is 10.0. The Morgan fingerprint density at radius 2 is 2.00 bits per heavy atom. The lowest BCUT2D eigenvalue weighted by molar-refractivity contribution is -0.199. The minimum absolute atomic E-state index is 0.0171. The average Bonchev–Trinajstić information content (AvgIpc) is 3.08. The van der Waals surface area contributed by atoms with Gasteiger partial charge in [0, 0.05) is 18.8 Å². The second-order valence-corrected chi connectivity index (χ2v) is 9.71. The molecule has 0 aliphatic heterocycles. The molecule has 1 N–H and O–H groups in total. The highest BCUT2D eigenvalue weighted by molar-refractivity contribution is 5.88. The Morgan fingerprint density at radius 1 is 1.26 bits per heavy atom. The van der Waals surface area contributed by atoms with Crippen LogP contribution in [0.5, 0.6) is 0 Å². The topological polar surface area (TPSA) is 76.7 Å². The van der Waals surface area contributed by atoms with Crippen LogP contribution in [-0.4, -0.2) is 29.6 Å². The summed E-state index contributed by atoms with van der Waals surface area (Å²) >= 11 is 0. The third kappa shape index (κ3) is 2.40. The molecular formula is C22H30O5. The highest BCUT2D eigenvalue weighted by Gasteiger charge is 2.66. The Labute approximate surface area is 160 Å². The van der Waals surface area contributed by atoms with Crippen molar-refractivity contribution in [1.82, 2.24) is 0 Å². The third-order valence-electron chi connectivity index (χ3n) is 8.24. The van der Waals surface area contributed by atoms with Crippen LogP contribution < -0.4 is 0 Å². The van der Waals surface area contributed by atoms with Gasteiger partial charge in [0.25, 0.3) is 0 Å². The van der Waals surface area contributed by atoms with E-state index in [1.165, 1.54) is 18.1 Å². The number of esters is 1. The van der Waals surface area contributed by atoms with E-state index in [0.29, 0.717) is 12.3 Å². The summed E-state index contributed by atoms with van der Waals surface area (Å²) in [4.78, 5) is 24.8. The number of ether oxygens (including phenoxy) is 1. The molecule has 6 atom stereocenters. The van der Waals surface area contributed by atoms with Crippen molar-refractivity contribution in [3.05, 3.63) is 23.7 Å². The van der Waals surface area contributed by atoms with E-state index >= 15 is 0 Å². The van der Waals surface area contributed by atoms with E-state index < -0.39 is 17.5 Å². The molecule has 0 unspecified atom stereocenters. The van der Waals surface area contributed by atoms with Crippen molar-refractivity contribution >= 4 is 11.8 Å². The maximum atomic E-state index is 13.1. The van der Waals surface area contributed by atoms with Gasteiger partial charge in [-0.2, -0.15) is 0 Å². The smallest absolute Gasteiger partial charge is 0.303 e. The van der Waals surface area contributed by atoms with Crippen molar-refractivity contribution in [3.63, 3.8) is 0 Å². The van der Waals surface area contributed by atoms with Crippen LogP contribution >= 0.6 is 0 Å². The third-order valence-corrected chi connectivity index (χ3v) is 8.24. The molecule has 0 saturated heterocycles. The number of ketones is 1. The predicted octanol–water partition coefficient (Wildman–Crippen LogP) is 3.42. The maximum Gasteiger partial charge on any atom is 0.303 e. The summed E-state index contributed by atoms with van der Waals surface area (Å²) in [6.45, 7) is 7.64. The molecule has 1 heterocycles. The number of furan rings is 1. The largest absolute Gasteiger partial charge is 0.472 e. The van der Waals surface area contributed by atoms with Crippen molar-refractivity contribution in [1.29, 1.82) is 0 Å². The Balaban J connectivity index is 1.78. The number of rotatable bonds is 2. The van der Waals surface area contributed by atoms with Gasteiger partial charge in [0.1, 0.15) is 0 Å². The van der Waals surface area contributed by atoms with Gasteiger partial charge in [-0.25, -0.2) is 0 Å². The first-order valence-electron chi connectivity index (χ1n) is 10.0. The molecule has 0 radical (unpaired) electrons. The first kappa shape index (κ1) is 18.7. The number of aliphatic hydroxyl groups is 1. The monoisotopic (exact) mass is 374 g/mol. The normalized spacial score (nSPS) is 43.4. The fraction of sp³-hybridized carbons (Fsp3) is 0.727. The molecule has 148 valence electrons. The molecule has 4 rings (SSSR count). The summed E-state index contributed by atoms with van der Waals surface area (Å²) in [6, 6.07) is 0. The second-order valence-electron chi connectivity index (χ2n) is 9.71. The van der Waals surface area contributed by atoms with Crippen LogP contribution in [0.3, 0.4) is 0 Å². The van der Waals surface area contributed by atoms with Crippen LogP contribution in [0.25, 0.3) is 0 Å². The zero-order valence-corrected chi connectivity index (χ0v) is 16.7. The molecule has 2 fully saturated rings. The summed E-state index contributed by atoms with van der Waals surface area (Å²) in [7, 11) is 0. The molecule has 5 nitrogen and oxygen atoms in total. The van der Waals surface area contributed by atoms with Gasteiger partial charge in [-0.3, -0.25) is 9.59 Å². The lowest BCUT2D eigenvalue weighted by Crippen LogP contribution is -2.65. The van der Waals surface area contributed by atoms with Crippen LogP contribution in [0.2, 0.25) is 0 Å². The Kier molecular flexibility index (Phi) is 4.12. The SMILES string of the molecule is CC(=O)O[C@H]1C(=O)C[C@@]2(C)[C@@H](CC[C@@]3(C)c4cocc4CC[C@H]23)[C@@]1(C)CO. The Hall–Kier alpha value is -1.62. The van der Waals surface area contributed by atoms with Gasteiger partial charge in [0.15, 0.2) is 11.9 Å². The lowest BCUT2D eigenvalue weighted by atomic mass is 9.40. The highest BCUT2D eigenvalue weighted by Crippen LogP contribution is 2.66. The number of Topliss-reactive ketones (excluding diaryl/α,β-unsaturated/α-hetero) is 1. The van der Waals surface area contributed by atoms with E-state index in [9.17, 15) is 14.7 Å². The standard InChI is InChI=1S/C22H30O5/c1-13(24)27-19-16(25)9-21(3)17-6-5-14-10-26-11-15(14)20(17,2)8-7-18(21)22(19,4)12-23/h10-11,17-19,23H,5-9,12H2,1-4H3/t17-,18+,19-,20-,21+,22+/m0/s1. The fourth-order valence-electron chi connectivity index (χ4n) is 7.12. The van der Waals surface area contributed by atoms with Gasteiger partial charge < -0.3 is 14.3 Å². The van der Waals surface area contributed by atoms with Crippen LogP contribution in [-0.2, 0) is 26.2 Å². The minimum atomic E-state index is -0.851. The van der Waals surface area contributed by atoms with Crippen molar-refractivity contribution in [2.24, 2.45) is 22.7 Å². The Bertz CT molecular complexity index is 781. The summed E-state index contributed by atoms with van der Waals surface area (Å²) in [5, 5.41) is 10.3. The molecule has 0 aromatic carbocycles. The van der Waals surface area contributed by atoms with Crippen molar-refractivity contribution < 1.29 is 23.8 Å². The molecule has 0 spiro atoms. The molecule has 3 aliphatic rings. The number of hydrogen-bond acceptors (Lipinski definition) is 5. The quantitative estimate of drug-likeness (QED) is 0.803. The van der Waals surface area contributed by atoms with Crippen LogP contribution in [0.1, 0.15) is 64.5 Å². The lowest BCUT2D eigenvalue weighted by Gasteiger charge is -2.64. The van der Waals surface area contributed by atoms with Crippen LogP contribution in [0, 0.1) is 22.7 Å². The van der Waals surface area contributed by atoms with E-state index in [4.69, 9.17) is 9.15 Å². The number of carbonyl (C=O) groups is 2. The molecule has 3 aliphatic carbocycles. The molecule has 0 bridgehead atoms. The van der Waals surface area contributed by atoms with Crippen LogP contribution in [0.4, 0.5) is 0 Å². The van der Waals surface area contributed by atoms with Crippen molar-refractivity contribution in [2.75, 3.05) is 6.61 Å². The number of carbonyl (C=O) groups excluding carboxylic acids is 2. The zero-order valence-electron chi connectivity index (χ0n) is 16.7. The summed E-state index contributed by atoms with van der Waals surface area (Å²) in [6.07, 6.45) is 7.18. The van der Waals surface area contributed by atoms with E-state index in [0.717, 1.165) is 25.7 Å². The van der Waals surface area contributed by atoms with E-state index in [-0.39, 0.29) is 29.1 Å². The highest BCUT2D eigenvalue weighted by atomic mass is 16.5. The van der Waals surface area contributed by atoms with Crippen molar-refractivity contribution in [2.45, 2.75) is 71.3 Å². The van der Waals surface area contributed by atoms with Gasteiger partial charge >= 0.3 is 5.97 Å². The summed E-state index contributed by atoms with van der Waals surface area (Å²) in [5.74, 6) is -0.0498. The maximum absolute atomic E-state index is 13.1. The predicted molar refractivity (Wildman–Crippen MR) is 99.1 cm³/mol. The van der Waals surface area contributed by atoms with E-state index in [1.54, 1.807) is 0 Å². The van der Waals surface area contributed by atoms with Gasteiger partial charge in [-0.1, -0.05) is 20.8 Å². The van der Waals surface area contributed by atoms with Gasteiger partial charge in [-0.05, 0) is 59.5 Å². The Morgan fingerprint density at radius 3 is 2.67 bits per heavy atom. The molecule has 27 heavy (non-hydrogen) atoms. The number of aliphatic hydroxyl groups excluding tert-OH is 1. The summed E-state index contributed by atoms with van der Waals surface area (Å²) in [5.41, 5.74) is 1.59. The first-order chi connectivity index (χ1) is 12.7. The van der Waals surface area contributed by atoms with Gasteiger partial charge in [-0.15, -0.1) is 0 Å². The minimum Gasteiger partial charge on any atom is -0.472 e. The number of hydrogen-bond donors (Lipinski definition) is 1. The second kappa shape index (κ2) is 5.94. The molecule has 5 heteroatoms. The van der Waals surface area contributed by atoms with Gasteiger partial charge in [0.05, 0.1) is 19.1 Å². The molecular weight excluding hydrogens is 344 g/mol. The molecule has 0 amide bonds. The summed E-state index contributed by atoms with van der Waals surface area (Å²) < 4.78 is 11.0. The zero-order chi connectivity index (χ0) is 19.6. The van der Waals surface area contributed by atoms with Crippen LogP contribution in [0.15, 0.2) is 16.9 Å². The van der Waals surface area contributed by atoms with Gasteiger partial charge in [0.2, 0.25) is 0 Å². The number of aryl methyl sites for hydroxylation is 1.